The van der Waals surface area contributed by atoms with Crippen LogP contribution in [-0.2, 0) is 6.42 Å². The third kappa shape index (κ3) is 2.61. The smallest absolute Gasteiger partial charge is 0.205 e. The van der Waals surface area contributed by atoms with Crippen molar-refractivity contribution in [3.8, 4) is 0 Å². The number of anilines is 1. The maximum Gasteiger partial charge on any atom is 0.205 e. The van der Waals surface area contributed by atoms with E-state index in [1.165, 1.54) is 18.0 Å². The highest BCUT2D eigenvalue weighted by Crippen LogP contribution is 2.26. The van der Waals surface area contributed by atoms with E-state index in [1.54, 1.807) is 0 Å². The normalized spacial score (nSPS) is 21.2. The largest absolute Gasteiger partial charge is 0.347 e. The molecule has 0 bridgehead atoms. The lowest BCUT2D eigenvalue weighted by Gasteiger charge is -2.12. The van der Waals surface area contributed by atoms with Crippen molar-refractivity contribution in [2.24, 2.45) is 5.92 Å². The van der Waals surface area contributed by atoms with Gasteiger partial charge >= 0.3 is 0 Å². The van der Waals surface area contributed by atoms with E-state index in [0.29, 0.717) is 5.92 Å². The topological polar surface area (TPSA) is 29.0 Å². The minimum Gasteiger partial charge on any atom is -0.347 e. The quantitative estimate of drug-likeness (QED) is 0.764. The van der Waals surface area contributed by atoms with Crippen LogP contribution in [-0.4, -0.2) is 28.3 Å². The number of halogens is 1. The summed E-state index contributed by atoms with van der Waals surface area (Å²) >= 11 is 7.38. The van der Waals surface area contributed by atoms with Crippen LogP contribution in [0.25, 0.3) is 0 Å². The molecule has 84 valence electrons. The molecule has 0 saturated carbocycles. The Labute approximate surface area is 99.6 Å². The molecule has 2 heterocycles. The van der Waals surface area contributed by atoms with Crippen LogP contribution < -0.4 is 4.90 Å². The molecule has 1 aliphatic rings. The van der Waals surface area contributed by atoms with Crippen molar-refractivity contribution in [1.82, 2.24) is 9.36 Å². The van der Waals surface area contributed by atoms with Crippen LogP contribution in [0.1, 0.15) is 25.6 Å². The fourth-order valence-electron chi connectivity index (χ4n) is 1.83. The van der Waals surface area contributed by atoms with Gasteiger partial charge in [-0.15, -0.1) is 11.6 Å². The standard InChI is InChI=1S/C10H16ClN3S/c1-2-3-9-12-10(15-13-9)14-5-4-8(6-11)7-14/h8H,2-7H2,1H3. The average molecular weight is 246 g/mol. The number of hydrogen-bond donors (Lipinski definition) is 0. The van der Waals surface area contributed by atoms with E-state index in [-0.39, 0.29) is 0 Å². The molecule has 1 saturated heterocycles. The molecule has 0 spiro atoms. The second-order valence-corrected chi connectivity index (χ2v) is 5.04. The second kappa shape index (κ2) is 5.12. The molecule has 0 radical (unpaired) electrons. The summed E-state index contributed by atoms with van der Waals surface area (Å²) in [5.41, 5.74) is 0. The van der Waals surface area contributed by atoms with Crippen molar-refractivity contribution in [3.05, 3.63) is 5.82 Å². The van der Waals surface area contributed by atoms with Crippen molar-refractivity contribution in [1.29, 1.82) is 0 Å². The zero-order valence-corrected chi connectivity index (χ0v) is 10.5. The van der Waals surface area contributed by atoms with Crippen molar-refractivity contribution >= 4 is 28.3 Å². The maximum atomic E-state index is 5.86. The highest BCUT2D eigenvalue weighted by Gasteiger charge is 2.24. The number of nitrogens with zero attached hydrogens (tertiary/aromatic N) is 3. The zero-order valence-electron chi connectivity index (χ0n) is 8.95. The highest BCUT2D eigenvalue weighted by molar-refractivity contribution is 7.09. The van der Waals surface area contributed by atoms with Crippen LogP contribution in [0.15, 0.2) is 0 Å². The molecule has 1 aromatic rings. The highest BCUT2D eigenvalue weighted by atomic mass is 35.5. The molecule has 1 unspecified atom stereocenters. The molecule has 1 aromatic heterocycles. The number of aromatic nitrogens is 2. The summed E-state index contributed by atoms with van der Waals surface area (Å²) in [6.45, 7) is 4.28. The summed E-state index contributed by atoms with van der Waals surface area (Å²) in [6, 6.07) is 0. The first-order valence-electron chi connectivity index (χ1n) is 5.47. The SMILES string of the molecule is CCCc1nsc(N2CCC(CCl)C2)n1. The lowest BCUT2D eigenvalue weighted by molar-refractivity contribution is 0.667. The first-order chi connectivity index (χ1) is 7.33. The predicted octanol–water partition coefficient (Wildman–Crippen LogP) is 2.56. The molecule has 5 heteroatoms. The first-order valence-corrected chi connectivity index (χ1v) is 6.77. The summed E-state index contributed by atoms with van der Waals surface area (Å²) < 4.78 is 4.36. The van der Waals surface area contributed by atoms with Crippen molar-refractivity contribution in [2.75, 3.05) is 23.9 Å². The van der Waals surface area contributed by atoms with Gasteiger partial charge in [-0.25, -0.2) is 4.98 Å². The molecule has 1 aliphatic heterocycles. The van der Waals surface area contributed by atoms with Gasteiger partial charge in [0.25, 0.3) is 0 Å². The summed E-state index contributed by atoms with van der Waals surface area (Å²) in [4.78, 5) is 6.85. The van der Waals surface area contributed by atoms with Gasteiger partial charge in [-0.1, -0.05) is 6.92 Å². The van der Waals surface area contributed by atoms with Crippen molar-refractivity contribution in [3.63, 3.8) is 0 Å². The summed E-state index contributed by atoms with van der Waals surface area (Å²) in [7, 11) is 0. The fourth-order valence-corrected chi connectivity index (χ4v) is 2.83. The Morgan fingerprint density at radius 3 is 3.13 bits per heavy atom. The Kier molecular flexibility index (Phi) is 3.81. The molecule has 0 aromatic carbocycles. The Hall–Kier alpha value is -0.350. The molecule has 2 rings (SSSR count). The van der Waals surface area contributed by atoms with Crippen LogP contribution in [0.5, 0.6) is 0 Å². The van der Waals surface area contributed by atoms with E-state index in [1.807, 2.05) is 0 Å². The van der Waals surface area contributed by atoms with Crippen LogP contribution in [0.4, 0.5) is 5.13 Å². The molecular weight excluding hydrogens is 230 g/mol. The van der Waals surface area contributed by atoms with E-state index >= 15 is 0 Å². The van der Waals surface area contributed by atoms with Gasteiger partial charge in [0.1, 0.15) is 5.82 Å². The minimum atomic E-state index is 0.630. The van der Waals surface area contributed by atoms with E-state index in [4.69, 9.17) is 11.6 Å². The van der Waals surface area contributed by atoms with Gasteiger partial charge < -0.3 is 4.90 Å². The lowest BCUT2D eigenvalue weighted by atomic mass is 10.2. The molecule has 15 heavy (non-hydrogen) atoms. The molecular formula is C10H16ClN3S. The monoisotopic (exact) mass is 245 g/mol. The van der Waals surface area contributed by atoms with E-state index in [9.17, 15) is 0 Å². The van der Waals surface area contributed by atoms with Gasteiger partial charge in [-0.3, -0.25) is 0 Å². The predicted molar refractivity (Wildman–Crippen MR) is 64.9 cm³/mol. The number of alkyl halides is 1. The number of aryl methyl sites for hydroxylation is 1. The van der Waals surface area contributed by atoms with Crippen LogP contribution in [0, 0.1) is 5.92 Å². The molecule has 1 fully saturated rings. The average Bonchev–Trinajstić information content (AvgIpc) is 2.85. The third-order valence-electron chi connectivity index (χ3n) is 2.71. The zero-order chi connectivity index (χ0) is 10.7. The summed E-state index contributed by atoms with van der Waals surface area (Å²) in [5.74, 6) is 2.38. The van der Waals surface area contributed by atoms with Gasteiger partial charge in [0.2, 0.25) is 5.13 Å². The van der Waals surface area contributed by atoms with Crippen molar-refractivity contribution < 1.29 is 0 Å². The van der Waals surface area contributed by atoms with Crippen LogP contribution in [0.3, 0.4) is 0 Å². The van der Waals surface area contributed by atoms with Crippen LogP contribution >= 0.6 is 23.1 Å². The lowest BCUT2D eigenvalue weighted by Crippen LogP contribution is -2.19. The summed E-state index contributed by atoms with van der Waals surface area (Å²) in [5, 5.41) is 1.08. The maximum absolute atomic E-state index is 5.86. The van der Waals surface area contributed by atoms with Crippen LogP contribution in [0.2, 0.25) is 0 Å². The van der Waals surface area contributed by atoms with Crippen molar-refractivity contribution in [2.45, 2.75) is 26.2 Å². The Morgan fingerprint density at radius 1 is 1.60 bits per heavy atom. The first kappa shape index (κ1) is 11.1. The van der Waals surface area contributed by atoms with Gasteiger partial charge in [-0.05, 0) is 18.8 Å². The molecule has 1 atom stereocenters. The van der Waals surface area contributed by atoms with Gasteiger partial charge in [0, 0.05) is 36.9 Å². The minimum absolute atomic E-state index is 0.630. The second-order valence-electron chi connectivity index (χ2n) is 4.00. The molecule has 0 aliphatic carbocycles. The van der Waals surface area contributed by atoms with E-state index < -0.39 is 0 Å². The van der Waals surface area contributed by atoms with Gasteiger partial charge in [-0.2, -0.15) is 4.37 Å². The number of rotatable bonds is 4. The summed E-state index contributed by atoms with van der Waals surface area (Å²) in [6.07, 6.45) is 3.29. The molecule has 0 amide bonds. The molecule has 0 N–H and O–H groups in total. The fraction of sp³-hybridized carbons (Fsp3) is 0.800. The Morgan fingerprint density at radius 2 is 2.47 bits per heavy atom. The van der Waals surface area contributed by atoms with Gasteiger partial charge in [0.15, 0.2) is 0 Å². The Balaban J connectivity index is 1.97. The number of hydrogen-bond acceptors (Lipinski definition) is 4. The molecule has 3 nitrogen and oxygen atoms in total. The van der Waals surface area contributed by atoms with E-state index in [2.05, 4.69) is 21.2 Å². The third-order valence-corrected chi connectivity index (χ3v) is 3.96. The van der Waals surface area contributed by atoms with E-state index in [0.717, 1.165) is 42.8 Å². The van der Waals surface area contributed by atoms with Gasteiger partial charge in [0.05, 0.1) is 0 Å². The Bertz CT molecular complexity index is 315.